The molecule has 1 saturated heterocycles. The zero-order chi connectivity index (χ0) is 10.7. The zero-order valence-electron chi connectivity index (χ0n) is 8.30. The van der Waals surface area contributed by atoms with Gasteiger partial charge < -0.3 is 5.32 Å². The quantitative estimate of drug-likeness (QED) is 0.835. The number of hydrogen-bond donors (Lipinski definition) is 1. The van der Waals surface area contributed by atoms with Crippen LogP contribution in [0.15, 0.2) is 18.2 Å². The molecule has 1 N–H and O–H groups in total. The molecule has 1 heterocycles. The highest BCUT2D eigenvalue weighted by Gasteiger charge is 2.13. The average Bonchev–Trinajstić information content (AvgIpc) is 2.17. The highest BCUT2D eigenvalue weighted by molar-refractivity contribution is 7.99. The molecule has 0 aliphatic carbocycles. The Morgan fingerprint density at radius 1 is 1.20 bits per heavy atom. The smallest absolute Gasteiger partial charge is 0.128 e. The number of anilines is 1. The van der Waals surface area contributed by atoms with E-state index in [1.807, 2.05) is 11.8 Å². The van der Waals surface area contributed by atoms with Crippen LogP contribution in [0.2, 0.25) is 0 Å². The zero-order valence-corrected chi connectivity index (χ0v) is 9.12. The summed E-state index contributed by atoms with van der Waals surface area (Å²) in [6, 6.07) is 3.90. The molecular formula is C11H13F2NS. The third kappa shape index (κ3) is 3.09. The van der Waals surface area contributed by atoms with Crippen LogP contribution in [0.25, 0.3) is 0 Å². The van der Waals surface area contributed by atoms with Crippen LogP contribution in [-0.2, 0) is 0 Å². The molecule has 15 heavy (non-hydrogen) atoms. The summed E-state index contributed by atoms with van der Waals surface area (Å²) in [5.41, 5.74) is 0.542. The van der Waals surface area contributed by atoms with Crippen molar-refractivity contribution < 1.29 is 8.78 Å². The van der Waals surface area contributed by atoms with E-state index in [1.165, 1.54) is 24.3 Å². The summed E-state index contributed by atoms with van der Waals surface area (Å²) in [4.78, 5) is 0. The molecule has 82 valence electrons. The van der Waals surface area contributed by atoms with Gasteiger partial charge in [0.15, 0.2) is 0 Å². The van der Waals surface area contributed by atoms with Crippen molar-refractivity contribution >= 4 is 17.4 Å². The molecule has 1 fully saturated rings. The molecule has 0 unspecified atom stereocenters. The summed E-state index contributed by atoms with van der Waals surface area (Å²) in [5, 5.41) is 3.16. The number of rotatable bonds is 2. The van der Waals surface area contributed by atoms with E-state index in [0.717, 1.165) is 18.2 Å². The molecular weight excluding hydrogens is 216 g/mol. The van der Waals surface area contributed by atoms with Crippen LogP contribution in [0.1, 0.15) is 12.8 Å². The maximum Gasteiger partial charge on any atom is 0.128 e. The lowest BCUT2D eigenvalue weighted by Crippen LogP contribution is -2.25. The largest absolute Gasteiger partial charge is 0.381 e. The molecule has 1 nitrogen and oxygen atoms in total. The molecule has 2 rings (SSSR count). The SMILES string of the molecule is Fc1cc(F)cc(N[C@H]2CCCSC2)c1. The summed E-state index contributed by atoms with van der Waals surface area (Å²) < 4.78 is 25.8. The molecule has 0 bridgehead atoms. The van der Waals surface area contributed by atoms with E-state index >= 15 is 0 Å². The first-order valence-electron chi connectivity index (χ1n) is 5.04. The first-order valence-corrected chi connectivity index (χ1v) is 6.20. The van der Waals surface area contributed by atoms with E-state index in [-0.39, 0.29) is 0 Å². The lowest BCUT2D eigenvalue weighted by Gasteiger charge is -2.23. The van der Waals surface area contributed by atoms with Crippen LogP contribution in [0.5, 0.6) is 0 Å². The van der Waals surface area contributed by atoms with Crippen LogP contribution in [0, 0.1) is 11.6 Å². The minimum absolute atomic E-state index is 0.338. The average molecular weight is 229 g/mol. The number of thioether (sulfide) groups is 1. The monoisotopic (exact) mass is 229 g/mol. The van der Waals surface area contributed by atoms with Gasteiger partial charge in [-0.15, -0.1) is 0 Å². The van der Waals surface area contributed by atoms with Gasteiger partial charge in [-0.1, -0.05) is 0 Å². The lowest BCUT2D eigenvalue weighted by molar-refractivity contribution is 0.583. The van der Waals surface area contributed by atoms with Crippen LogP contribution in [0.4, 0.5) is 14.5 Å². The van der Waals surface area contributed by atoms with Gasteiger partial charge in [0.25, 0.3) is 0 Å². The summed E-state index contributed by atoms with van der Waals surface area (Å²) in [6.07, 6.45) is 2.24. The van der Waals surface area contributed by atoms with Gasteiger partial charge in [-0.3, -0.25) is 0 Å². The minimum Gasteiger partial charge on any atom is -0.381 e. The number of benzene rings is 1. The van der Waals surface area contributed by atoms with Gasteiger partial charge in [-0.05, 0) is 30.7 Å². The molecule has 1 aliphatic rings. The molecule has 1 atom stereocenters. The number of nitrogens with one attached hydrogen (secondary N) is 1. The Morgan fingerprint density at radius 3 is 2.53 bits per heavy atom. The molecule has 1 aromatic rings. The van der Waals surface area contributed by atoms with Gasteiger partial charge in [0.05, 0.1) is 0 Å². The van der Waals surface area contributed by atoms with E-state index in [2.05, 4.69) is 5.32 Å². The minimum atomic E-state index is -0.527. The number of hydrogen-bond acceptors (Lipinski definition) is 2. The van der Waals surface area contributed by atoms with Crippen LogP contribution in [-0.4, -0.2) is 17.5 Å². The molecule has 0 amide bonds. The first-order chi connectivity index (χ1) is 7.24. The fraction of sp³-hybridized carbons (Fsp3) is 0.455. The maximum absolute atomic E-state index is 12.9. The summed E-state index contributed by atoms with van der Waals surface area (Å²) in [5.74, 6) is 1.15. The van der Waals surface area contributed by atoms with Crippen molar-refractivity contribution in [2.45, 2.75) is 18.9 Å². The van der Waals surface area contributed by atoms with E-state index in [9.17, 15) is 8.78 Å². The summed E-state index contributed by atoms with van der Waals surface area (Å²) in [6.45, 7) is 0. The van der Waals surface area contributed by atoms with Gasteiger partial charge in [0.2, 0.25) is 0 Å². The van der Waals surface area contributed by atoms with E-state index in [4.69, 9.17) is 0 Å². The molecule has 1 aromatic carbocycles. The Balaban J connectivity index is 2.02. The van der Waals surface area contributed by atoms with Gasteiger partial charge >= 0.3 is 0 Å². The van der Waals surface area contributed by atoms with Crippen molar-refractivity contribution in [3.8, 4) is 0 Å². The number of halogens is 2. The second-order valence-electron chi connectivity index (χ2n) is 3.72. The second kappa shape index (κ2) is 4.84. The third-order valence-electron chi connectivity index (χ3n) is 2.39. The summed E-state index contributed by atoms with van der Waals surface area (Å²) in [7, 11) is 0. The fourth-order valence-corrected chi connectivity index (χ4v) is 2.80. The first kappa shape index (κ1) is 10.7. The highest BCUT2D eigenvalue weighted by atomic mass is 32.2. The van der Waals surface area contributed by atoms with E-state index < -0.39 is 11.6 Å². The standard InChI is InChI=1S/C11H13F2NS/c12-8-4-9(13)6-11(5-8)14-10-2-1-3-15-7-10/h4-6,10,14H,1-3,7H2/t10-/m0/s1. The van der Waals surface area contributed by atoms with Gasteiger partial charge in [-0.25, -0.2) is 8.78 Å². The predicted octanol–water partition coefficient (Wildman–Crippen LogP) is 3.27. The Bertz CT molecular complexity index is 317. The van der Waals surface area contributed by atoms with Gasteiger partial charge in [-0.2, -0.15) is 11.8 Å². The van der Waals surface area contributed by atoms with E-state index in [1.54, 1.807) is 0 Å². The summed E-state index contributed by atoms with van der Waals surface area (Å²) >= 11 is 1.88. The molecule has 1 aliphatic heterocycles. The molecule has 0 saturated carbocycles. The molecule has 0 spiro atoms. The van der Waals surface area contributed by atoms with Crippen LogP contribution < -0.4 is 5.32 Å². The van der Waals surface area contributed by atoms with Crippen molar-refractivity contribution in [1.82, 2.24) is 0 Å². The Hall–Kier alpha value is -0.770. The van der Waals surface area contributed by atoms with Crippen molar-refractivity contribution in [3.05, 3.63) is 29.8 Å². The Labute approximate surface area is 92.3 Å². The lowest BCUT2D eigenvalue weighted by atomic mass is 10.1. The normalized spacial score (nSPS) is 21.3. The van der Waals surface area contributed by atoms with Crippen LogP contribution >= 0.6 is 11.8 Å². The van der Waals surface area contributed by atoms with Gasteiger partial charge in [0, 0.05) is 23.5 Å². The molecule has 0 aromatic heterocycles. The van der Waals surface area contributed by atoms with Crippen molar-refractivity contribution in [2.24, 2.45) is 0 Å². The van der Waals surface area contributed by atoms with Crippen molar-refractivity contribution in [2.75, 3.05) is 16.8 Å². The predicted molar refractivity (Wildman–Crippen MR) is 60.3 cm³/mol. The highest BCUT2D eigenvalue weighted by Crippen LogP contribution is 2.21. The van der Waals surface area contributed by atoms with Crippen LogP contribution in [0.3, 0.4) is 0 Å². The Kier molecular flexibility index (Phi) is 3.46. The molecule has 4 heteroatoms. The third-order valence-corrected chi connectivity index (χ3v) is 3.61. The fourth-order valence-electron chi connectivity index (χ4n) is 1.73. The van der Waals surface area contributed by atoms with Crippen molar-refractivity contribution in [3.63, 3.8) is 0 Å². The van der Waals surface area contributed by atoms with Crippen molar-refractivity contribution in [1.29, 1.82) is 0 Å². The Morgan fingerprint density at radius 2 is 1.93 bits per heavy atom. The topological polar surface area (TPSA) is 12.0 Å². The van der Waals surface area contributed by atoms with Gasteiger partial charge in [0.1, 0.15) is 11.6 Å². The second-order valence-corrected chi connectivity index (χ2v) is 4.87. The van der Waals surface area contributed by atoms with E-state index in [0.29, 0.717) is 11.7 Å². The maximum atomic E-state index is 12.9. The molecule has 0 radical (unpaired) electrons.